The SMILES string of the molecule is COc1ccccc1NC(=O)[C@H]1CCCN(S(=O)(=O)c2c(C)noc2/C=C/c2cccs2)C1. The number of carbonyl (C=O) groups excluding carboxylic acids is 1. The third-order valence-electron chi connectivity index (χ3n) is 5.49. The highest BCUT2D eigenvalue weighted by Crippen LogP contribution is 2.31. The van der Waals surface area contributed by atoms with Gasteiger partial charge in [-0.15, -0.1) is 11.3 Å². The van der Waals surface area contributed by atoms with E-state index in [4.69, 9.17) is 9.26 Å². The maximum atomic E-state index is 13.5. The van der Waals surface area contributed by atoms with Crippen LogP contribution in [0.5, 0.6) is 5.75 Å². The summed E-state index contributed by atoms with van der Waals surface area (Å²) in [6.45, 7) is 2.02. The second-order valence-electron chi connectivity index (χ2n) is 7.70. The molecule has 1 aromatic carbocycles. The zero-order chi connectivity index (χ0) is 23.4. The van der Waals surface area contributed by atoms with Crippen molar-refractivity contribution in [1.29, 1.82) is 0 Å². The Labute approximate surface area is 196 Å². The van der Waals surface area contributed by atoms with Crippen LogP contribution < -0.4 is 10.1 Å². The minimum absolute atomic E-state index is 0.0427. The van der Waals surface area contributed by atoms with Gasteiger partial charge in [-0.2, -0.15) is 4.31 Å². The topological polar surface area (TPSA) is 102 Å². The molecule has 1 saturated heterocycles. The Morgan fingerprint density at radius 1 is 1.27 bits per heavy atom. The number of thiophene rings is 1. The average molecular weight is 488 g/mol. The summed E-state index contributed by atoms with van der Waals surface area (Å²) in [6, 6.07) is 11.0. The van der Waals surface area contributed by atoms with E-state index in [1.165, 1.54) is 22.8 Å². The number of aryl methyl sites for hydroxylation is 1. The van der Waals surface area contributed by atoms with E-state index in [2.05, 4.69) is 10.5 Å². The highest BCUT2D eigenvalue weighted by Gasteiger charge is 2.37. The molecule has 0 saturated carbocycles. The third kappa shape index (κ3) is 5.02. The quantitative estimate of drug-likeness (QED) is 0.534. The Balaban J connectivity index is 1.53. The summed E-state index contributed by atoms with van der Waals surface area (Å²) in [7, 11) is -2.37. The molecule has 0 radical (unpaired) electrons. The number of benzene rings is 1. The lowest BCUT2D eigenvalue weighted by molar-refractivity contribution is -0.120. The van der Waals surface area contributed by atoms with Gasteiger partial charge in [-0.05, 0) is 55.5 Å². The number of nitrogens with zero attached hydrogens (tertiary/aromatic N) is 2. The molecule has 0 spiro atoms. The van der Waals surface area contributed by atoms with Gasteiger partial charge in [0.2, 0.25) is 15.9 Å². The third-order valence-corrected chi connectivity index (χ3v) is 8.35. The van der Waals surface area contributed by atoms with Crippen LogP contribution in [-0.2, 0) is 14.8 Å². The van der Waals surface area contributed by atoms with Crippen molar-refractivity contribution in [3.63, 3.8) is 0 Å². The average Bonchev–Trinajstić information content (AvgIpc) is 3.47. The number of methoxy groups -OCH3 is 1. The molecule has 0 aliphatic carbocycles. The first-order valence-electron chi connectivity index (χ1n) is 10.5. The predicted octanol–water partition coefficient (Wildman–Crippen LogP) is 4.26. The molecule has 33 heavy (non-hydrogen) atoms. The second-order valence-corrected chi connectivity index (χ2v) is 10.6. The fourth-order valence-corrected chi connectivity index (χ4v) is 6.22. The summed E-state index contributed by atoms with van der Waals surface area (Å²) in [5, 5.41) is 8.69. The van der Waals surface area contributed by atoms with Gasteiger partial charge < -0.3 is 14.6 Å². The van der Waals surface area contributed by atoms with Crippen LogP contribution in [0.1, 0.15) is 29.2 Å². The normalized spacial score (nSPS) is 17.3. The van der Waals surface area contributed by atoms with Crippen molar-refractivity contribution in [1.82, 2.24) is 9.46 Å². The van der Waals surface area contributed by atoms with Gasteiger partial charge in [-0.3, -0.25) is 4.79 Å². The number of para-hydroxylation sites is 2. The maximum Gasteiger partial charge on any atom is 0.248 e. The van der Waals surface area contributed by atoms with Crippen molar-refractivity contribution in [3.8, 4) is 5.75 Å². The van der Waals surface area contributed by atoms with Crippen LogP contribution >= 0.6 is 11.3 Å². The van der Waals surface area contributed by atoms with Gasteiger partial charge in [0, 0.05) is 18.0 Å². The van der Waals surface area contributed by atoms with Gasteiger partial charge in [0.05, 0.1) is 18.7 Å². The Hall–Kier alpha value is -2.95. The number of piperidine rings is 1. The number of hydrogen-bond acceptors (Lipinski definition) is 7. The molecule has 0 bridgehead atoms. The van der Waals surface area contributed by atoms with E-state index in [0.29, 0.717) is 36.5 Å². The molecule has 1 N–H and O–H groups in total. The van der Waals surface area contributed by atoms with E-state index >= 15 is 0 Å². The molecule has 1 fully saturated rings. The van der Waals surface area contributed by atoms with Crippen LogP contribution in [-0.4, -0.2) is 44.0 Å². The van der Waals surface area contributed by atoms with Crippen LogP contribution in [0.15, 0.2) is 51.2 Å². The summed E-state index contributed by atoms with van der Waals surface area (Å²) in [5.74, 6) is 0.0119. The van der Waals surface area contributed by atoms with Crippen LogP contribution in [0, 0.1) is 12.8 Å². The predicted molar refractivity (Wildman–Crippen MR) is 128 cm³/mol. The number of rotatable bonds is 7. The number of sulfonamides is 1. The molecule has 8 nitrogen and oxygen atoms in total. The number of anilines is 1. The number of hydrogen-bond donors (Lipinski definition) is 1. The van der Waals surface area contributed by atoms with E-state index < -0.39 is 15.9 Å². The highest BCUT2D eigenvalue weighted by molar-refractivity contribution is 7.89. The molecular formula is C23H25N3O5S2. The van der Waals surface area contributed by atoms with Crippen molar-refractivity contribution in [2.45, 2.75) is 24.7 Å². The summed E-state index contributed by atoms with van der Waals surface area (Å²) in [5.41, 5.74) is 0.849. The standard InChI is InChI=1S/C23H25N3O5S2/c1-16-22(21(31-25-16)12-11-18-8-6-14-32-18)33(28,29)26-13-5-7-17(15-26)23(27)24-19-9-3-4-10-20(19)30-2/h3-4,6,8-12,14,17H,5,7,13,15H2,1-2H3,(H,24,27)/b12-11+/t17-/m0/s1. The fourth-order valence-electron chi connectivity index (χ4n) is 3.83. The molecule has 2 aromatic heterocycles. The first-order valence-corrected chi connectivity index (χ1v) is 12.8. The molecule has 3 heterocycles. The lowest BCUT2D eigenvalue weighted by atomic mass is 9.98. The van der Waals surface area contributed by atoms with Crippen molar-refractivity contribution >= 4 is 45.1 Å². The lowest BCUT2D eigenvalue weighted by Crippen LogP contribution is -2.43. The molecule has 3 aromatic rings. The lowest BCUT2D eigenvalue weighted by Gasteiger charge is -2.31. The Kier molecular flexibility index (Phi) is 6.96. The smallest absolute Gasteiger partial charge is 0.248 e. The van der Waals surface area contributed by atoms with Crippen molar-refractivity contribution in [3.05, 3.63) is 58.1 Å². The molecule has 0 unspecified atom stereocenters. The summed E-state index contributed by atoms with van der Waals surface area (Å²) < 4.78 is 39.0. The molecule has 1 amide bonds. The van der Waals surface area contributed by atoms with Gasteiger partial charge in [0.1, 0.15) is 11.4 Å². The van der Waals surface area contributed by atoms with E-state index in [1.54, 1.807) is 37.3 Å². The first kappa shape index (κ1) is 23.2. The van der Waals surface area contributed by atoms with E-state index in [9.17, 15) is 13.2 Å². The number of ether oxygens (including phenoxy) is 1. The van der Waals surface area contributed by atoms with Crippen LogP contribution in [0.3, 0.4) is 0 Å². The van der Waals surface area contributed by atoms with Crippen LogP contribution in [0.2, 0.25) is 0 Å². The van der Waals surface area contributed by atoms with Crippen molar-refractivity contribution in [2.24, 2.45) is 5.92 Å². The Morgan fingerprint density at radius 3 is 2.85 bits per heavy atom. The monoisotopic (exact) mass is 487 g/mol. The number of nitrogens with one attached hydrogen (secondary N) is 1. The zero-order valence-corrected chi connectivity index (χ0v) is 20.0. The van der Waals surface area contributed by atoms with E-state index in [-0.39, 0.29) is 23.1 Å². The number of aromatic nitrogens is 1. The minimum Gasteiger partial charge on any atom is -0.495 e. The molecule has 1 aliphatic heterocycles. The van der Waals surface area contributed by atoms with Gasteiger partial charge >= 0.3 is 0 Å². The van der Waals surface area contributed by atoms with Gasteiger partial charge in [0.15, 0.2) is 10.7 Å². The molecule has 174 valence electrons. The second kappa shape index (κ2) is 9.90. The van der Waals surface area contributed by atoms with E-state index in [0.717, 1.165) is 4.88 Å². The maximum absolute atomic E-state index is 13.5. The summed E-state index contributed by atoms with van der Waals surface area (Å²) in [6.07, 6.45) is 4.59. The zero-order valence-electron chi connectivity index (χ0n) is 18.4. The van der Waals surface area contributed by atoms with Gasteiger partial charge in [-0.1, -0.05) is 23.4 Å². The first-order chi connectivity index (χ1) is 15.9. The molecule has 4 rings (SSSR count). The van der Waals surface area contributed by atoms with Crippen LogP contribution in [0.4, 0.5) is 5.69 Å². The highest BCUT2D eigenvalue weighted by atomic mass is 32.2. The van der Waals surface area contributed by atoms with Gasteiger partial charge in [-0.25, -0.2) is 8.42 Å². The molecular weight excluding hydrogens is 462 g/mol. The van der Waals surface area contributed by atoms with Crippen molar-refractivity contribution < 1.29 is 22.5 Å². The largest absolute Gasteiger partial charge is 0.495 e. The Bertz CT molecular complexity index is 1250. The fraction of sp³-hybridized carbons (Fsp3) is 0.304. The van der Waals surface area contributed by atoms with E-state index in [1.807, 2.05) is 23.6 Å². The van der Waals surface area contributed by atoms with Gasteiger partial charge in [0.25, 0.3) is 0 Å². The van der Waals surface area contributed by atoms with Crippen molar-refractivity contribution in [2.75, 3.05) is 25.5 Å². The molecule has 10 heteroatoms. The Morgan fingerprint density at radius 2 is 2.09 bits per heavy atom. The summed E-state index contributed by atoms with van der Waals surface area (Å²) in [4.78, 5) is 13.9. The number of carbonyl (C=O) groups is 1. The molecule has 1 aliphatic rings. The molecule has 1 atom stereocenters. The number of amides is 1. The minimum atomic E-state index is -3.90. The summed E-state index contributed by atoms with van der Waals surface area (Å²) >= 11 is 1.53. The van der Waals surface area contributed by atoms with Crippen LogP contribution in [0.25, 0.3) is 12.2 Å².